The van der Waals surface area contributed by atoms with Gasteiger partial charge in [-0.05, 0) is 67.8 Å². The molecule has 2 aromatic carbocycles. The van der Waals surface area contributed by atoms with Crippen molar-refractivity contribution in [3.8, 4) is 0 Å². The van der Waals surface area contributed by atoms with E-state index in [1.165, 1.54) is 18.2 Å². The second kappa shape index (κ2) is 7.64. The minimum absolute atomic E-state index is 0.00517. The van der Waals surface area contributed by atoms with Crippen molar-refractivity contribution >= 4 is 28.8 Å². The number of fused-ring (bicyclic) bond motifs is 1. The Kier molecular flexibility index (Phi) is 4.89. The number of nitrogens with one attached hydrogen (secondary N) is 1. The first-order chi connectivity index (χ1) is 13.6. The molecule has 0 saturated heterocycles. The lowest BCUT2D eigenvalue weighted by Gasteiger charge is -2.31. The van der Waals surface area contributed by atoms with Gasteiger partial charge in [-0.25, -0.2) is 4.98 Å². The average Bonchev–Trinajstić information content (AvgIpc) is 2.74. The summed E-state index contributed by atoms with van der Waals surface area (Å²) in [6, 6.07) is 18.9. The normalized spacial score (nSPS) is 13.0. The molecule has 1 aromatic heterocycles. The summed E-state index contributed by atoms with van der Waals surface area (Å²) >= 11 is 0. The molecule has 3 aromatic rings. The van der Waals surface area contributed by atoms with Crippen molar-refractivity contribution in [3.05, 3.63) is 83.7 Å². The number of Topliss-reactive ketones (excluding diaryl/α,β-unsaturated/α-hetero) is 1. The molecule has 0 atom stereocenters. The summed E-state index contributed by atoms with van der Waals surface area (Å²) in [6.07, 6.45) is 3.92. The maximum absolute atomic E-state index is 12.5. The molecule has 0 radical (unpaired) electrons. The first-order valence-corrected chi connectivity index (χ1v) is 9.36. The third-order valence-electron chi connectivity index (χ3n) is 4.95. The molecular formula is C23H21N3O2. The van der Waals surface area contributed by atoms with Gasteiger partial charge in [0.25, 0.3) is 5.91 Å². The number of anilines is 3. The summed E-state index contributed by atoms with van der Waals surface area (Å²) in [7, 11) is 0. The van der Waals surface area contributed by atoms with E-state index in [2.05, 4.69) is 33.4 Å². The summed E-state index contributed by atoms with van der Waals surface area (Å²) in [6.45, 7) is 2.45. The molecular weight excluding hydrogens is 350 g/mol. The zero-order valence-corrected chi connectivity index (χ0v) is 15.7. The van der Waals surface area contributed by atoms with Gasteiger partial charge in [0, 0.05) is 23.5 Å². The van der Waals surface area contributed by atoms with E-state index in [-0.39, 0.29) is 11.7 Å². The Morgan fingerprint density at radius 2 is 1.79 bits per heavy atom. The third kappa shape index (κ3) is 3.64. The highest BCUT2D eigenvalue weighted by atomic mass is 16.2. The molecule has 1 aliphatic rings. The van der Waals surface area contributed by atoms with E-state index in [1.807, 2.05) is 12.1 Å². The number of benzene rings is 2. The first-order valence-electron chi connectivity index (χ1n) is 9.36. The number of ketones is 1. The van der Waals surface area contributed by atoms with Crippen LogP contribution in [0.15, 0.2) is 66.9 Å². The van der Waals surface area contributed by atoms with Crippen molar-refractivity contribution < 1.29 is 9.59 Å². The summed E-state index contributed by atoms with van der Waals surface area (Å²) in [4.78, 5) is 30.4. The van der Waals surface area contributed by atoms with Gasteiger partial charge in [-0.1, -0.05) is 18.2 Å². The van der Waals surface area contributed by atoms with E-state index < -0.39 is 0 Å². The van der Waals surface area contributed by atoms with Crippen molar-refractivity contribution in [2.45, 2.75) is 19.8 Å². The highest BCUT2D eigenvalue weighted by molar-refractivity contribution is 6.03. The van der Waals surface area contributed by atoms with Crippen LogP contribution in [0.5, 0.6) is 0 Å². The summed E-state index contributed by atoms with van der Waals surface area (Å²) in [5, 5.41) is 2.81. The number of aryl methyl sites for hydroxylation is 1. The van der Waals surface area contributed by atoms with Crippen molar-refractivity contribution in [2.75, 3.05) is 16.8 Å². The predicted molar refractivity (Wildman–Crippen MR) is 110 cm³/mol. The van der Waals surface area contributed by atoms with Gasteiger partial charge in [-0.15, -0.1) is 0 Å². The molecule has 0 saturated carbocycles. The van der Waals surface area contributed by atoms with Crippen LogP contribution in [0.3, 0.4) is 0 Å². The minimum atomic E-state index is -0.277. The number of rotatable bonds is 4. The van der Waals surface area contributed by atoms with Crippen molar-refractivity contribution in [1.82, 2.24) is 4.98 Å². The second-order valence-electron chi connectivity index (χ2n) is 6.87. The van der Waals surface area contributed by atoms with Crippen molar-refractivity contribution in [3.63, 3.8) is 0 Å². The number of pyridine rings is 1. The molecule has 0 fully saturated rings. The number of nitrogens with zero attached hydrogens (tertiary/aromatic N) is 2. The number of amides is 1. The van der Waals surface area contributed by atoms with E-state index in [1.54, 1.807) is 36.5 Å². The number of hydrogen-bond acceptors (Lipinski definition) is 4. The summed E-state index contributed by atoms with van der Waals surface area (Å²) in [5.41, 5.74) is 5.12. The third-order valence-corrected chi connectivity index (χ3v) is 4.95. The molecule has 1 aliphatic heterocycles. The molecule has 2 heterocycles. The van der Waals surface area contributed by atoms with Crippen LogP contribution in [0, 0.1) is 0 Å². The predicted octanol–water partition coefficient (Wildman–Crippen LogP) is 4.62. The van der Waals surface area contributed by atoms with Crippen LogP contribution >= 0.6 is 0 Å². The van der Waals surface area contributed by atoms with Gasteiger partial charge in [0.1, 0.15) is 5.69 Å². The Labute approximate surface area is 164 Å². The molecule has 1 N–H and O–H groups in total. The Balaban J connectivity index is 1.49. The van der Waals surface area contributed by atoms with Gasteiger partial charge in [-0.3, -0.25) is 9.59 Å². The van der Waals surface area contributed by atoms with Gasteiger partial charge >= 0.3 is 0 Å². The summed E-state index contributed by atoms with van der Waals surface area (Å²) < 4.78 is 0. The molecule has 0 aliphatic carbocycles. The molecule has 140 valence electrons. The molecule has 1 amide bonds. The van der Waals surface area contributed by atoms with E-state index in [0.717, 1.165) is 25.1 Å². The van der Waals surface area contributed by atoms with Crippen LogP contribution in [-0.2, 0) is 6.42 Å². The van der Waals surface area contributed by atoms with Crippen LogP contribution in [0.1, 0.15) is 39.8 Å². The second-order valence-corrected chi connectivity index (χ2v) is 6.87. The zero-order valence-electron chi connectivity index (χ0n) is 15.7. The lowest BCUT2D eigenvalue weighted by atomic mass is 10.0. The van der Waals surface area contributed by atoms with Crippen LogP contribution in [0.4, 0.5) is 17.1 Å². The number of carbonyl (C=O) groups excluding carboxylic acids is 2. The molecule has 5 heteroatoms. The number of aromatic nitrogens is 1. The monoisotopic (exact) mass is 371 g/mol. The molecule has 28 heavy (non-hydrogen) atoms. The van der Waals surface area contributed by atoms with Gasteiger partial charge < -0.3 is 10.2 Å². The van der Waals surface area contributed by atoms with Crippen LogP contribution < -0.4 is 10.2 Å². The highest BCUT2D eigenvalue weighted by Gasteiger charge is 2.18. The van der Waals surface area contributed by atoms with E-state index >= 15 is 0 Å². The van der Waals surface area contributed by atoms with E-state index in [4.69, 9.17) is 0 Å². The van der Waals surface area contributed by atoms with Crippen LogP contribution in [-0.4, -0.2) is 23.2 Å². The van der Waals surface area contributed by atoms with Gasteiger partial charge in [0.15, 0.2) is 5.78 Å². The van der Waals surface area contributed by atoms with Crippen LogP contribution in [0.25, 0.3) is 0 Å². The lowest BCUT2D eigenvalue weighted by Crippen LogP contribution is -2.24. The van der Waals surface area contributed by atoms with E-state index in [9.17, 15) is 9.59 Å². The number of carbonyl (C=O) groups is 2. The largest absolute Gasteiger partial charge is 0.340 e. The fourth-order valence-electron chi connectivity index (χ4n) is 3.47. The van der Waals surface area contributed by atoms with Crippen molar-refractivity contribution in [1.29, 1.82) is 0 Å². The van der Waals surface area contributed by atoms with Gasteiger partial charge in [0.2, 0.25) is 0 Å². The fraction of sp³-hybridized carbons (Fsp3) is 0.174. The Morgan fingerprint density at radius 3 is 2.50 bits per heavy atom. The average molecular weight is 371 g/mol. The topological polar surface area (TPSA) is 62.3 Å². The lowest BCUT2D eigenvalue weighted by molar-refractivity contribution is 0.101. The maximum atomic E-state index is 12.5. The van der Waals surface area contributed by atoms with Crippen LogP contribution in [0.2, 0.25) is 0 Å². The Bertz CT molecular complexity index is 1010. The first kappa shape index (κ1) is 17.9. The fourth-order valence-corrected chi connectivity index (χ4v) is 3.47. The standard InChI is InChI=1S/C23H21N3O2/c1-16(27)17-8-10-19(11-9-17)25-23(28)21-13-12-20(15-24-21)26-14-4-6-18-5-2-3-7-22(18)26/h2-3,5,7-13,15H,4,6,14H2,1H3,(H,25,28). The van der Waals surface area contributed by atoms with E-state index in [0.29, 0.717) is 16.9 Å². The molecule has 0 bridgehead atoms. The minimum Gasteiger partial charge on any atom is -0.340 e. The Morgan fingerprint density at radius 1 is 1.00 bits per heavy atom. The van der Waals surface area contributed by atoms with Crippen molar-refractivity contribution in [2.24, 2.45) is 0 Å². The number of para-hydroxylation sites is 1. The summed E-state index contributed by atoms with van der Waals surface area (Å²) in [5.74, 6) is -0.282. The maximum Gasteiger partial charge on any atom is 0.274 e. The van der Waals surface area contributed by atoms with Gasteiger partial charge in [-0.2, -0.15) is 0 Å². The molecule has 4 rings (SSSR count). The SMILES string of the molecule is CC(=O)c1ccc(NC(=O)c2ccc(N3CCCc4ccccc43)cn2)cc1. The molecule has 0 unspecified atom stereocenters. The molecule has 5 nitrogen and oxygen atoms in total. The zero-order chi connectivity index (χ0) is 19.5. The smallest absolute Gasteiger partial charge is 0.274 e. The van der Waals surface area contributed by atoms with Gasteiger partial charge in [0.05, 0.1) is 11.9 Å². The quantitative estimate of drug-likeness (QED) is 0.680. The highest BCUT2D eigenvalue weighted by Crippen LogP contribution is 2.32. The Hall–Kier alpha value is -3.47. The molecule has 0 spiro atoms. The number of hydrogen-bond donors (Lipinski definition) is 1.